The van der Waals surface area contributed by atoms with Crippen molar-refractivity contribution < 1.29 is 0 Å². The highest BCUT2D eigenvalue weighted by molar-refractivity contribution is 5.82. The minimum atomic E-state index is 0.463. The summed E-state index contributed by atoms with van der Waals surface area (Å²) in [4.78, 5) is 7.55. The predicted octanol–water partition coefficient (Wildman–Crippen LogP) is 3.54. The van der Waals surface area contributed by atoms with Crippen LogP contribution in [0.3, 0.4) is 0 Å². The predicted molar refractivity (Wildman–Crippen MR) is 79.7 cm³/mol. The molecular weight excluding hydrogens is 248 g/mol. The number of benzene rings is 2. The summed E-state index contributed by atoms with van der Waals surface area (Å²) >= 11 is 0. The third-order valence-corrected chi connectivity index (χ3v) is 2.92. The molecule has 0 fully saturated rings. The van der Waals surface area contributed by atoms with Crippen LogP contribution in [0.1, 0.15) is 5.82 Å². The number of hydrogen-bond donors (Lipinski definition) is 2. The number of H-pyrrole nitrogens is 1. The fraction of sp³-hybridized carbons (Fsp3) is 0. The van der Waals surface area contributed by atoms with E-state index in [0.717, 1.165) is 16.7 Å². The van der Waals surface area contributed by atoms with Gasteiger partial charge in [0.15, 0.2) is 5.82 Å². The number of aromatic nitrogens is 2. The summed E-state index contributed by atoms with van der Waals surface area (Å²) in [5.74, 6) is 0.567. The Kier molecular flexibility index (Phi) is 3.17. The number of para-hydroxylation sites is 3. The van der Waals surface area contributed by atoms with Gasteiger partial charge in [0.05, 0.1) is 11.0 Å². The van der Waals surface area contributed by atoms with E-state index in [1.807, 2.05) is 54.6 Å². The summed E-state index contributed by atoms with van der Waals surface area (Å²) in [5, 5.41) is 12.4. The van der Waals surface area contributed by atoms with Crippen LogP contribution in [0.15, 0.2) is 60.8 Å². The van der Waals surface area contributed by atoms with E-state index in [4.69, 9.17) is 0 Å². The van der Waals surface area contributed by atoms with Gasteiger partial charge in [-0.25, -0.2) is 4.98 Å². The average Bonchev–Trinajstić information content (AvgIpc) is 2.92. The number of hydrogen-bond acceptors (Lipinski definition) is 3. The van der Waals surface area contributed by atoms with Crippen LogP contribution in [-0.4, -0.2) is 9.97 Å². The molecule has 3 aromatic rings. The molecule has 0 bridgehead atoms. The average molecular weight is 260 g/mol. The van der Waals surface area contributed by atoms with Gasteiger partial charge in [-0.15, -0.1) is 0 Å². The van der Waals surface area contributed by atoms with Crippen LogP contribution in [0.2, 0.25) is 0 Å². The number of allylic oxidation sites excluding steroid dienone is 1. The Morgan fingerprint density at radius 2 is 1.85 bits per heavy atom. The second-order valence-corrected chi connectivity index (χ2v) is 4.28. The smallest absolute Gasteiger partial charge is 0.150 e. The van der Waals surface area contributed by atoms with Crippen LogP contribution < -0.4 is 5.32 Å². The van der Waals surface area contributed by atoms with Crippen LogP contribution in [0.4, 0.5) is 5.69 Å². The summed E-state index contributed by atoms with van der Waals surface area (Å²) in [6, 6.07) is 19.5. The Labute approximate surface area is 116 Å². The number of imidazole rings is 1. The van der Waals surface area contributed by atoms with Gasteiger partial charge in [0.25, 0.3) is 0 Å². The first kappa shape index (κ1) is 12.0. The lowest BCUT2D eigenvalue weighted by molar-refractivity contribution is 1.27. The minimum Gasteiger partial charge on any atom is -0.360 e. The molecule has 0 saturated heterocycles. The lowest BCUT2D eigenvalue weighted by Gasteiger charge is -2.00. The first-order chi connectivity index (χ1) is 9.86. The molecule has 4 heteroatoms. The van der Waals surface area contributed by atoms with Crippen molar-refractivity contribution in [1.29, 1.82) is 5.26 Å². The number of aromatic amines is 1. The van der Waals surface area contributed by atoms with Gasteiger partial charge in [-0.3, -0.25) is 0 Å². The van der Waals surface area contributed by atoms with Gasteiger partial charge in [0.1, 0.15) is 11.6 Å². The molecule has 2 aromatic carbocycles. The van der Waals surface area contributed by atoms with E-state index in [1.54, 1.807) is 6.20 Å². The Morgan fingerprint density at radius 3 is 2.60 bits per heavy atom. The Bertz CT molecular complexity index is 761. The molecule has 0 saturated carbocycles. The zero-order valence-electron chi connectivity index (χ0n) is 10.7. The second-order valence-electron chi connectivity index (χ2n) is 4.28. The normalized spacial score (nSPS) is 11.2. The quantitative estimate of drug-likeness (QED) is 0.708. The van der Waals surface area contributed by atoms with E-state index in [1.165, 1.54) is 0 Å². The number of anilines is 1. The highest BCUT2D eigenvalue weighted by Crippen LogP contribution is 2.16. The van der Waals surface area contributed by atoms with Crippen molar-refractivity contribution in [2.24, 2.45) is 0 Å². The Morgan fingerprint density at radius 1 is 1.10 bits per heavy atom. The third-order valence-electron chi connectivity index (χ3n) is 2.92. The maximum absolute atomic E-state index is 9.26. The number of rotatable bonds is 3. The molecular formula is C16H12N4. The summed E-state index contributed by atoms with van der Waals surface area (Å²) in [6.07, 6.45) is 1.66. The molecule has 2 N–H and O–H groups in total. The lowest BCUT2D eigenvalue weighted by Crippen LogP contribution is -1.92. The molecule has 0 spiro atoms. The van der Waals surface area contributed by atoms with Crippen LogP contribution in [-0.2, 0) is 0 Å². The number of nitriles is 1. The van der Waals surface area contributed by atoms with Gasteiger partial charge in [-0.05, 0) is 24.3 Å². The first-order valence-electron chi connectivity index (χ1n) is 6.24. The van der Waals surface area contributed by atoms with Gasteiger partial charge < -0.3 is 10.3 Å². The molecule has 1 aromatic heterocycles. The van der Waals surface area contributed by atoms with Gasteiger partial charge in [-0.2, -0.15) is 5.26 Å². The molecule has 3 rings (SSSR count). The highest BCUT2D eigenvalue weighted by Gasteiger charge is 2.06. The lowest BCUT2D eigenvalue weighted by atomic mass is 10.3. The standard InChI is InChI=1S/C16H12N4/c17-10-12(11-18-13-6-2-1-3-7-13)16-19-14-8-4-5-9-15(14)20-16/h1-9,11,18H,(H,19,20)/b12-11+. The Hall–Kier alpha value is -3.06. The molecule has 0 amide bonds. The summed E-state index contributed by atoms with van der Waals surface area (Å²) in [7, 11) is 0. The van der Waals surface area contributed by atoms with E-state index >= 15 is 0 Å². The van der Waals surface area contributed by atoms with Crippen molar-refractivity contribution in [1.82, 2.24) is 9.97 Å². The molecule has 20 heavy (non-hydrogen) atoms. The van der Waals surface area contributed by atoms with Gasteiger partial charge in [0.2, 0.25) is 0 Å². The van der Waals surface area contributed by atoms with Crippen molar-refractivity contribution in [3.8, 4) is 6.07 Å². The minimum absolute atomic E-state index is 0.463. The number of nitrogens with one attached hydrogen (secondary N) is 2. The number of nitrogens with zero attached hydrogens (tertiary/aromatic N) is 2. The second kappa shape index (κ2) is 5.29. The third kappa shape index (κ3) is 2.38. The summed E-state index contributed by atoms with van der Waals surface area (Å²) in [6.45, 7) is 0. The first-order valence-corrected chi connectivity index (χ1v) is 6.24. The summed E-state index contributed by atoms with van der Waals surface area (Å²) < 4.78 is 0. The topological polar surface area (TPSA) is 64.5 Å². The Balaban J connectivity index is 1.91. The largest absolute Gasteiger partial charge is 0.360 e. The monoisotopic (exact) mass is 260 g/mol. The van der Waals surface area contributed by atoms with Crippen LogP contribution >= 0.6 is 0 Å². The maximum Gasteiger partial charge on any atom is 0.150 e. The van der Waals surface area contributed by atoms with E-state index < -0.39 is 0 Å². The highest BCUT2D eigenvalue weighted by atomic mass is 14.9. The van der Waals surface area contributed by atoms with Crippen molar-refractivity contribution in [3.63, 3.8) is 0 Å². The fourth-order valence-corrected chi connectivity index (χ4v) is 1.92. The molecule has 0 radical (unpaired) electrons. The number of fused-ring (bicyclic) bond motifs is 1. The molecule has 1 heterocycles. The molecule has 0 unspecified atom stereocenters. The van der Waals surface area contributed by atoms with E-state index in [0.29, 0.717) is 11.4 Å². The fourth-order valence-electron chi connectivity index (χ4n) is 1.92. The van der Waals surface area contributed by atoms with Crippen molar-refractivity contribution in [2.75, 3.05) is 5.32 Å². The maximum atomic E-state index is 9.26. The molecule has 96 valence electrons. The van der Waals surface area contributed by atoms with E-state index in [9.17, 15) is 5.26 Å². The van der Waals surface area contributed by atoms with Crippen LogP contribution in [0.25, 0.3) is 16.6 Å². The van der Waals surface area contributed by atoms with Gasteiger partial charge >= 0.3 is 0 Å². The molecule has 0 aliphatic rings. The SMILES string of the molecule is N#C/C(=C\Nc1ccccc1)c1nc2ccccc2[nH]1. The summed E-state index contributed by atoms with van der Waals surface area (Å²) in [5.41, 5.74) is 3.16. The molecule has 0 aliphatic heterocycles. The molecule has 0 aliphatic carbocycles. The van der Waals surface area contributed by atoms with E-state index in [-0.39, 0.29) is 0 Å². The van der Waals surface area contributed by atoms with Crippen LogP contribution in [0, 0.1) is 11.3 Å². The van der Waals surface area contributed by atoms with Gasteiger partial charge in [-0.1, -0.05) is 30.3 Å². The van der Waals surface area contributed by atoms with E-state index in [2.05, 4.69) is 21.4 Å². The van der Waals surface area contributed by atoms with Crippen molar-refractivity contribution in [2.45, 2.75) is 0 Å². The zero-order chi connectivity index (χ0) is 13.8. The molecule has 0 atom stereocenters. The van der Waals surface area contributed by atoms with Crippen molar-refractivity contribution in [3.05, 3.63) is 66.6 Å². The van der Waals surface area contributed by atoms with Crippen molar-refractivity contribution >= 4 is 22.3 Å². The molecule has 4 nitrogen and oxygen atoms in total. The van der Waals surface area contributed by atoms with Crippen LogP contribution in [0.5, 0.6) is 0 Å². The zero-order valence-corrected chi connectivity index (χ0v) is 10.7. The van der Waals surface area contributed by atoms with Gasteiger partial charge in [0, 0.05) is 11.9 Å².